The Labute approximate surface area is 129 Å². The fraction of sp³-hybridized carbons (Fsp3) is 0.167. The predicted octanol–water partition coefficient (Wildman–Crippen LogP) is 3.67. The molecule has 0 spiro atoms. The van der Waals surface area contributed by atoms with Crippen molar-refractivity contribution in [3.8, 4) is 11.5 Å². The molecule has 0 aliphatic rings. The van der Waals surface area contributed by atoms with Crippen LogP contribution in [-0.4, -0.2) is 17.2 Å². The summed E-state index contributed by atoms with van der Waals surface area (Å²) in [5.41, 5.74) is 2.72. The lowest BCUT2D eigenvalue weighted by Crippen LogP contribution is -1.97. The Morgan fingerprint density at radius 2 is 1.91 bits per heavy atom. The fourth-order valence-electron chi connectivity index (χ4n) is 2.27. The van der Waals surface area contributed by atoms with Crippen LogP contribution in [0.25, 0.3) is 10.9 Å². The van der Waals surface area contributed by atoms with E-state index in [1.807, 2.05) is 36.4 Å². The minimum atomic E-state index is 0.249. The van der Waals surface area contributed by atoms with E-state index < -0.39 is 0 Å². The van der Waals surface area contributed by atoms with E-state index in [-0.39, 0.29) is 5.75 Å². The third-order valence-corrected chi connectivity index (χ3v) is 3.38. The number of benzene rings is 2. The number of ether oxygens (including phenoxy) is 2. The molecule has 3 aromatic rings. The standard InChI is InChI=1S/C18H17NO3/c1-21-17-7-8-18-14(10-17)5-6-15(19-18)12-22-11-13-3-2-4-16(20)9-13/h2-10,20H,11-12H2,1H3. The predicted molar refractivity (Wildman–Crippen MR) is 84.9 cm³/mol. The molecule has 1 heterocycles. The molecule has 112 valence electrons. The average molecular weight is 295 g/mol. The lowest BCUT2D eigenvalue weighted by molar-refractivity contribution is 0.104. The SMILES string of the molecule is COc1ccc2nc(COCc3cccc(O)c3)ccc2c1. The van der Waals surface area contributed by atoms with E-state index in [0.717, 1.165) is 27.9 Å². The fourth-order valence-corrected chi connectivity index (χ4v) is 2.27. The van der Waals surface area contributed by atoms with Gasteiger partial charge in [-0.05, 0) is 42.0 Å². The van der Waals surface area contributed by atoms with Gasteiger partial charge in [0.1, 0.15) is 11.5 Å². The highest BCUT2D eigenvalue weighted by Gasteiger charge is 2.01. The number of methoxy groups -OCH3 is 1. The van der Waals surface area contributed by atoms with E-state index in [9.17, 15) is 5.11 Å². The minimum Gasteiger partial charge on any atom is -0.508 e. The molecule has 1 aromatic heterocycles. The second-order valence-electron chi connectivity index (χ2n) is 5.02. The molecule has 0 saturated carbocycles. The highest BCUT2D eigenvalue weighted by molar-refractivity contribution is 5.80. The van der Waals surface area contributed by atoms with Gasteiger partial charge in [0.2, 0.25) is 0 Å². The summed E-state index contributed by atoms with van der Waals surface area (Å²) >= 11 is 0. The van der Waals surface area contributed by atoms with E-state index in [1.54, 1.807) is 25.3 Å². The van der Waals surface area contributed by atoms with Crippen LogP contribution in [0.4, 0.5) is 0 Å². The average Bonchev–Trinajstić information content (AvgIpc) is 2.54. The highest BCUT2D eigenvalue weighted by atomic mass is 16.5. The molecule has 0 saturated heterocycles. The molecule has 2 aromatic carbocycles. The summed E-state index contributed by atoms with van der Waals surface area (Å²) in [6.45, 7) is 0.869. The van der Waals surface area contributed by atoms with Crippen LogP contribution >= 0.6 is 0 Å². The van der Waals surface area contributed by atoms with Gasteiger partial charge >= 0.3 is 0 Å². The lowest BCUT2D eigenvalue weighted by atomic mass is 10.2. The molecule has 0 atom stereocenters. The second-order valence-corrected chi connectivity index (χ2v) is 5.02. The third kappa shape index (κ3) is 3.35. The molecular formula is C18H17NO3. The normalized spacial score (nSPS) is 10.8. The Hall–Kier alpha value is -2.59. The molecule has 4 nitrogen and oxygen atoms in total. The zero-order valence-electron chi connectivity index (χ0n) is 12.3. The van der Waals surface area contributed by atoms with Crippen LogP contribution in [0.5, 0.6) is 11.5 Å². The topological polar surface area (TPSA) is 51.6 Å². The van der Waals surface area contributed by atoms with Crippen LogP contribution in [0.15, 0.2) is 54.6 Å². The maximum atomic E-state index is 9.41. The zero-order valence-corrected chi connectivity index (χ0v) is 12.3. The number of aromatic nitrogens is 1. The number of rotatable bonds is 5. The first-order valence-corrected chi connectivity index (χ1v) is 7.04. The molecule has 0 aliphatic heterocycles. The van der Waals surface area contributed by atoms with Crippen LogP contribution in [-0.2, 0) is 18.0 Å². The Balaban J connectivity index is 1.66. The van der Waals surface area contributed by atoms with Crippen molar-refractivity contribution in [2.24, 2.45) is 0 Å². The monoisotopic (exact) mass is 295 g/mol. The highest BCUT2D eigenvalue weighted by Crippen LogP contribution is 2.20. The summed E-state index contributed by atoms with van der Waals surface area (Å²) in [6.07, 6.45) is 0. The van der Waals surface area contributed by atoms with E-state index in [1.165, 1.54) is 0 Å². The van der Waals surface area contributed by atoms with Gasteiger partial charge in [-0.25, -0.2) is 0 Å². The van der Waals surface area contributed by atoms with Crippen molar-refractivity contribution in [1.82, 2.24) is 4.98 Å². The maximum absolute atomic E-state index is 9.41. The number of hydrogen-bond acceptors (Lipinski definition) is 4. The largest absolute Gasteiger partial charge is 0.508 e. The van der Waals surface area contributed by atoms with E-state index >= 15 is 0 Å². The van der Waals surface area contributed by atoms with Crippen molar-refractivity contribution in [1.29, 1.82) is 0 Å². The van der Waals surface area contributed by atoms with Crippen molar-refractivity contribution in [3.63, 3.8) is 0 Å². The summed E-state index contributed by atoms with van der Waals surface area (Å²) < 4.78 is 10.9. The molecule has 0 bridgehead atoms. The summed E-state index contributed by atoms with van der Waals surface area (Å²) in [7, 11) is 1.65. The second kappa shape index (κ2) is 6.45. The molecule has 3 rings (SSSR count). The van der Waals surface area contributed by atoms with Gasteiger partial charge in [0, 0.05) is 5.39 Å². The number of hydrogen-bond donors (Lipinski definition) is 1. The molecule has 1 N–H and O–H groups in total. The number of fused-ring (bicyclic) bond motifs is 1. The van der Waals surface area contributed by atoms with E-state index in [0.29, 0.717) is 13.2 Å². The van der Waals surface area contributed by atoms with Gasteiger partial charge in [-0.15, -0.1) is 0 Å². The van der Waals surface area contributed by atoms with Crippen molar-refractivity contribution in [3.05, 3.63) is 65.9 Å². The first-order valence-electron chi connectivity index (χ1n) is 7.04. The number of aromatic hydroxyl groups is 1. The molecule has 22 heavy (non-hydrogen) atoms. The first kappa shape index (κ1) is 14.4. The zero-order chi connectivity index (χ0) is 15.4. The van der Waals surface area contributed by atoms with E-state index in [2.05, 4.69) is 4.98 Å². The smallest absolute Gasteiger partial charge is 0.119 e. The van der Waals surface area contributed by atoms with Crippen LogP contribution < -0.4 is 4.74 Å². The van der Waals surface area contributed by atoms with Crippen molar-refractivity contribution in [2.45, 2.75) is 13.2 Å². The minimum absolute atomic E-state index is 0.249. The Morgan fingerprint density at radius 1 is 1.00 bits per heavy atom. The molecule has 0 amide bonds. The quantitative estimate of drug-likeness (QED) is 0.780. The van der Waals surface area contributed by atoms with Crippen molar-refractivity contribution < 1.29 is 14.6 Å². The molecule has 0 unspecified atom stereocenters. The lowest BCUT2D eigenvalue weighted by Gasteiger charge is -2.07. The molecular weight excluding hydrogens is 278 g/mol. The van der Waals surface area contributed by atoms with Crippen molar-refractivity contribution in [2.75, 3.05) is 7.11 Å². The molecule has 0 aliphatic carbocycles. The number of pyridine rings is 1. The number of nitrogens with zero attached hydrogens (tertiary/aromatic N) is 1. The Kier molecular flexibility index (Phi) is 4.21. The van der Waals surface area contributed by atoms with Gasteiger partial charge in [-0.3, -0.25) is 4.98 Å². The molecule has 0 radical (unpaired) electrons. The van der Waals surface area contributed by atoms with Gasteiger partial charge in [0.05, 0.1) is 31.5 Å². The summed E-state index contributed by atoms with van der Waals surface area (Å²) in [5, 5.41) is 10.5. The molecule has 4 heteroatoms. The van der Waals surface area contributed by atoms with Gasteiger partial charge in [0.25, 0.3) is 0 Å². The van der Waals surface area contributed by atoms with Gasteiger partial charge in [-0.1, -0.05) is 18.2 Å². The van der Waals surface area contributed by atoms with Crippen LogP contribution in [0.3, 0.4) is 0 Å². The van der Waals surface area contributed by atoms with Gasteiger partial charge in [-0.2, -0.15) is 0 Å². The van der Waals surface area contributed by atoms with Crippen LogP contribution in [0.1, 0.15) is 11.3 Å². The molecule has 0 fully saturated rings. The van der Waals surface area contributed by atoms with E-state index in [4.69, 9.17) is 9.47 Å². The maximum Gasteiger partial charge on any atom is 0.119 e. The summed E-state index contributed by atoms with van der Waals surface area (Å²) in [6, 6.07) is 16.8. The Morgan fingerprint density at radius 3 is 2.73 bits per heavy atom. The third-order valence-electron chi connectivity index (χ3n) is 3.38. The summed E-state index contributed by atoms with van der Waals surface area (Å²) in [5.74, 6) is 1.07. The number of phenols is 1. The van der Waals surface area contributed by atoms with Crippen LogP contribution in [0.2, 0.25) is 0 Å². The van der Waals surface area contributed by atoms with Gasteiger partial charge in [0.15, 0.2) is 0 Å². The van der Waals surface area contributed by atoms with Crippen molar-refractivity contribution >= 4 is 10.9 Å². The Bertz CT molecular complexity index is 786. The first-order chi connectivity index (χ1) is 10.7. The van der Waals surface area contributed by atoms with Crippen LogP contribution in [0, 0.1) is 0 Å². The summed E-state index contributed by atoms with van der Waals surface area (Å²) in [4.78, 5) is 4.57. The number of phenolic OH excluding ortho intramolecular Hbond substituents is 1. The van der Waals surface area contributed by atoms with Gasteiger partial charge < -0.3 is 14.6 Å².